The van der Waals surface area contributed by atoms with E-state index in [1.807, 2.05) is 23.1 Å². The van der Waals surface area contributed by atoms with Gasteiger partial charge in [0, 0.05) is 44.0 Å². The van der Waals surface area contributed by atoms with Gasteiger partial charge in [-0.2, -0.15) is 0 Å². The minimum atomic E-state index is 0.0377. The summed E-state index contributed by atoms with van der Waals surface area (Å²) in [7, 11) is 0. The van der Waals surface area contributed by atoms with E-state index in [0.717, 1.165) is 37.2 Å². The number of piperazine rings is 1. The molecule has 0 aromatic heterocycles. The molecule has 5 heteroatoms. The number of carbonyl (C=O) groups excluding carboxylic acids is 2. The highest BCUT2D eigenvalue weighted by Gasteiger charge is 2.28. The highest BCUT2D eigenvalue weighted by atomic mass is 16.2. The van der Waals surface area contributed by atoms with Crippen molar-refractivity contribution < 1.29 is 9.59 Å². The van der Waals surface area contributed by atoms with Crippen LogP contribution in [0.2, 0.25) is 0 Å². The summed E-state index contributed by atoms with van der Waals surface area (Å²) in [6, 6.07) is 14.5. The normalized spacial score (nSPS) is 17.2. The van der Waals surface area contributed by atoms with Gasteiger partial charge in [0.25, 0.3) is 0 Å². The summed E-state index contributed by atoms with van der Waals surface area (Å²) in [4.78, 5) is 31.6. The summed E-state index contributed by atoms with van der Waals surface area (Å²) in [6.45, 7) is 7.40. The molecule has 1 saturated heterocycles. The molecule has 0 spiro atoms. The van der Waals surface area contributed by atoms with Crippen molar-refractivity contribution in [1.29, 1.82) is 0 Å². The fourth-order valence-electron chi connectivity index (χ4n) is 4.35. The number of benzene rings is 2. The molecule has 2 aromatic rings. The van der Waals surface area contributed by atoms with Gasteiger partial charge in [0.15, 0.2) is 0 Å². The molecule has 2 amide bonds. The van der Waals surface area contributed by atoms with Gasteiger partial charge in [-0.1, -0.05) is 30.3 Å². The SMILES string of the molecule is Cc1ccc(C)c(N2CCN(C(=O)CN3C(=O)CCCc4ccccc43)CC2)c1. The van der Waals surface area contributed by atoms with Crippen LogP contribution in [0.3, 0.4) is 0 Å². The topological polar surface area (TPSA) is 43.9 Å². The summed E-state index contributed by atoms with van der Waals surface area (Å²) in [5.74, 6) is 0.0907. The Labute approximate surface area is 172 Å². The minimum absolute atomic E-state index is 0.0377. The zero-order valence-electron chi connectivity index (χ0n) is 17.4. The van der Waals surface area contributed by atoms with E-state index in [2.05, 4.69) is 43.0 Å². The molecule has 0 unspecified atom stereocenters. The van der Waals surface area contributed by atoms with Gasteiger partial charge in [0.2, 0.25) is 11.8 Å². The molecule has 0 aliphatic carbocycles. The first-order valence-corrected chi connectivity index (χ1v) is 10.5. The standard InChI is InChI=1S/C24H29N3O2/c1-18-10-11-19(2)22(16-18)25-12-14-26(15-13-25)24(29)17-27-21-8-4-3-6-20(21)7-5-9-23(27)28/h3-4,6,8,10-11,16H,5,7,9,12-15,17H2,1-2H3. The van der Waals surface area contributed by atoms with Crippen LogP contribution < -0.4 is 9.80 Å². The number of amides is 2. The van der Waals surface area contributed by atoms with E-state index in [-0.39, 0.29) is 18.4 Å². The number of para-hydroxylation sites is 1. The first-order valence-electron chi connectivity index (χ1n) is 10.5. The van der Waals surface area contributed by atoms with Crippen molar-refractivity contribution in [2.45, 2.75) is 33.1 Å². The number of anilines is 2. The Bertz CT molecular complexity index is 916. The van der Waals surface area contributed by atoms with Crippen molar-refractivity contribution in [2.24, 2.45) is 0 Å². The Hall–Kier alpha value is -2.82. The highest BCUT2D eigenvalue weighted by Crippen LogP contribution is 2.27. The van der Waals surface area contributed by atoms with Crippen molar-refractivity contribution >= 4 is 23.2 Å². The van der Waals surface area contributed by atoms with Crippen LogP contribution >= 0.6 is 0 Å². The smallest absolute Gasteiger partial charge is 0.242 e. The van der Waals surface area contributed by atoms with E-state index in [1.165, 1.54) is 16.8 Å². The third-order valence-electron chi connectivity index (χ3n) is 6.05. The molecule has 2 aromatic carbocycles. The first kappa shape index (κ1) is 19.5. The number of fused-ring (bicyclic) bond motifs is 1. The van der Waals surface area contributed by atoms with Gasteiger partial charge in [-0.3, -0.25) is 9.59 Å². The molecule has 0 saturated carbocycles. The van der Waals surface area contributed by atoms with Gasteiger partial charge in [0.05, 0.1) is 0 Å². The van der Waals surface area contributed by atoms with Crippen LogP contribution in [0.15, 0.2) is 42.5 Å². The zero-order valence-corrected chi connectivity index (χ0v) is 17.4. The van der Waals surface area contributed by atoms with Crippen molar-refractivity contribution in [3.05, 3.63) is 59.2 Å². The maximum absolute atomic E-state index is 13.0. The van der Waals surface area contributed by atoms with Crippen LogP contribution in [0.1, 0.15) is 29.5 Å². The van der Waals surface area contributed by atoms with E-state index in [9.17, 15) is 9.59 Å². The van der Waals surface area contributed by atoms with Gasteiger partial charge in [-0.15, -0.1) is 0 Å². The van der Waals surface area contributed by atoms with Gasteiger partial charge in [0.1, 0.15) is 6.54 Å². The Balaban J connectivity index is 1.42. The van der Waals surface area contributed by atoms with Crippen molar-refractivity contribution in [1.82, 2.24) is 4.90 Å². The second-order valence-corrected chi connectivity index (χ2v) is 8.12. The van der Waals surface area contributed by atoms with Gasteiger partial charge >= 0.3 is 0 Å². The molecular weight excluding hydrogens is 362 g/mol. The Morgan fingerprint density at radius 3 is 2.48 bits per heavy atom. The lowest BCUT2D eigenvalue weighted by molar-refractivity contribution is -0.131. The molecule has 29 heavy (non-hydrogen) atoms. The lowest BCUT2D eigenvalue weighted by Gasteiger charge is -2.37. The van der Waals surface area contributed by atoms with Crippen molar-refractivity contribution in [3.63, 3.8) is 0 Å². The van der Waals surface area contributed by atoms with Crippen LogP contribution in [0, 0.1) is 13.8 Å². The number of carbonyl (C=O) groups is 2. The molecule has 0 atom stereocenters. The Kier molecular flexibility index (Phi) is 5.56. The summed E-state index contributed by atoms with van der Waals surface area (Å²) in [5.41, 5.74) is 5.83. The predicted octanol–water partition coefficient (Wildman–Crippen LogP) is 3.32. The number of hydrogen-bond acceptors (Lipinski definition) is 3. The zero-order chi connectivity index (χ0) is 20.4. The summed E-state index contributed by atoms with van der Waals surface area (Å²) >= 11 is 0. The molecule has 0 N–H and O–H groups in total. The van der Waals surface area contributed by atoms with E-state index >= 15 is 0 Å². The first-order chi connectivity index (χ1) is 14.0. The summed E-state index contributed by atoms with van der Waals surface area (Å²) in [5, 5.41) is 0. The third-order valence-corrected chi connectivity index (χ3v) is 6.05. The van der Waals surface area contributed by atoms with E-state index in [4.69, 9.17) is 0 Å². The summed E-state index contributed by atoms with van der Waals surface area (Å²) < 4.78 is 0. The molecule has 152 valence electrons. The van der Waals surface area contributed by atoms with E-state index in [0.29, 0.717) is 19.5 Å². The van der Waals surface area contributed by atoms with Crippen LogP contribution in [0.4, 0.5) is 11.4 Å². The average Bonchev–Trinajstić information content (AvgIpc) is 2.89. The molecule has 4 rings (SSSR count). The van der Waals surface area contributed by atoms with Crippen molar-refractivity contribution in [2.75, 3.05) is 42.5 Å². The molecule has 0 radical (unpaired) electrons. The molecular formula is C24H29N3O2. The molecule has 1 fully saturated rings. The van der Waals surface area contributed by atoms with Crippen LogP contribution in [0.5, 0.6) is 0 Å². The second kappa shape index (κ2) is 8.27. The third kappa shape index (κ3) is 4.14. The fourth-order valence-corrected chi connectivity index (χ4v) is 4.35. The lowest BCUT2D eigenvalue weighted by Crippen LogP contribution is -2.52. The maximum atomic E-state index is 13.0. The summed E-state index contributed by atoms with van der Waals surface area (Å²) in [6.07, 6.45) is 2.23. The number of nitrogens with zero attached hydrogens (tertiary/aromatic N) is 3. The van der Waals surface area contributed by atoms with E-state index in [1.54, 1.807) is 4.90 Å². The van der Waals surface area contributed by atoms with Crippen molar-refractivity contribution in [3.8, 4) is 0 Å². The number of aryl methyl sites for hydroxylation is 3. The molecule has 0 bridgehead atoms. The molecule has 2 aliphatic heterocycles. The van der Waals surface area contributed by atoms with Crippen LogP contribution in [-0.4, -0.2) is 49.4 Å². The maximum Gasteiger partial charge on any atom is 0.242 e. The molecule has 2 heterocycles. The van der Waals surface area contributed by atoms with Crippen LogP contribution in [-0.2, 0) is 16.0 Å². The largest absolute Gasteiger partial charge is 0.368 e. The van der Waals surface area contributed by atoms with E-state index < -0.39 is 0 Å². The Morgan fingerprint density at radius 1 is 0.931 bits per heavy atom. The lowest BCUT2D eigenvalue weighted by atomic mass is 10.1. The average molecular weight is 392 g/mol. The highest BCUT2D eigenvalue weighted by molar-refractivity contribution is 5.99. The van der Waals surface area contributed by atoms with Crippen LogP contribution in [0.25, 0.3) is 0 Å². The molecule has 5 nitrogen and oxygen atoms in total. The predicted molar refractivity (Wildman–Crippen MR) is 116 cm³/mol. The Morgan fingerprint density at radius 2 is 1.69 bits per heavy atom. The monoisotopic (exact) mass is 391 g/mol. The second-order valence-electron chi connectivity index (χ2n) is 8.12. The van der Waals surface area contributed by atoms with Gasteiger partial charge < -0.3 is 14.7 Å². The molecule has 2 aliphatic rings. The fraction of sp³-hybridized carbons (Fsp3) is 0.417. The van der Waals surface area contributed by atoms with Gasteiger partial charge in [-0.25, -0.2) is 0 Å². The number of hydrogen-bond donors (Lipinski definition) is 0. The minimum Gasteiger partial charge on any atom is -0.368 e. The van der Waals surface area contributed by atoms with Gasteiger partial charge in [-0.05, 0) is 55.5 Å². The number of rotatable bonds is 3. The quantitative estimate of drug-likeness (QED) is 0.806.